The number of aliphatic hydroxyl groups is 1. The third-order valence-electron chi connectivity index (χ3n) is 6.65. The highest BCUT2D eigenvalue weighted by atomic mass is 35.5. The fraction of sp³-hybridized carbons (Fsp3) is 0.407. The minimum atomic E-state index is -0.546. The number of aliphatic imine (C=N–C) groups is 2. The minimum Gasteiger partial charge on any atom is -0.487 e. The normalized spacial score (nSPS) is 19.7. The van der Waals surface area contributed by atoms with Gasteiger partial charge in [0.1, 0.15) is 24.3 Å². The number of halogens is 2. The summed E-state index contributed by atoms with van der Waals surface area (Å²) in [6, 6.07) is 14.4. The number of nitriles is 1. The average Bonchev–Trinajstić information content (AvgIpc) is 3.29. The summed E-state index contributed by atoms with van der Waals surface area (Å²) in [7, 11) is 0. The lowest BCUT2D eigenvalue weighted by Gasteiger charge is -2.41. The molecule has 0 aromatic heterocycles. The summed E-state index contributed by atoms with van der Waals surface area (Å²) < 4.78 is 5.97. The molecule has 2 aliphatic heterocycles. The van der Waals surface area contributed by atoms with Gasteiger partial charge < -0.3 is 19.6 Å². The van der Waals surface area contributed by atoms with E-state index < -0.39 is 6.61 Å². The van der Waals surface area contributed by atoms with Crippen LogP contribution in [0.3, 0.4) is 0 Å². The number of carbonyl (C=O) groups is 1. The Morgan fingerprint density at radius 3 is 2.43 bits per heavy atom. The van der Waals surface area contributed by atoms with Gasteiger partial charge in [0.15, 0.2) is 0 Å². The van der Waals surface area contributed by atoms with E-state index in [1.807, 2.05) is 42.3 Å². The Balaban J connectivity index is 1.41. The van der Waals surface area contributed by atoms with Crippen molar-refractivity contribution in [2.75, 3.05) is 26.2 Å². The Hall–Kier alpha value is -3.12. The van der Waals surface area contributed by atoms with Crippen LogP contribution >= 0.6 is 23.2 Å². The van der Waals surface area contributed by atoms with E-state index >= 15 is 0 Å². The van der Waals surface area contributed by atoms with Crippen LogP contribution < -0.4 is 4.74 Å². The van der Waals surface area contributed by atoms with Crippen LogP contribution in [0.25, 0.3) is 0 Å². The standard InChI is InChI=1S/C27H29Cl2N5O3/c1-2-34(26(36)16-35)24-13-21(32-27(24)18-3-5-19(28)6-4-18)9-12-25(31-17-30)33-14-23(15-33)37-22-10-7-20(29)8-11-22/h3-8,10-11,21,23-24,35H,2,9,12-16H2,1H3. The predicted molar refractivity (Wildman–Crippen MR) is 144 cm³/mol. The molecule has 2 aromatic carbocycles. The molecular weight excluding hydrogens is 513 g/mol. The van der Waals surface area contributed by atoms with Crippen molar-refractivity contribution in [3.63, 3.8) is 0 Å². The molecule has 0 aliphatic carbocycles. The quantitative estimate of drug-likeness (QED) is 0.291. The predicted octanol–water partition coefficient (Wildman–Crippen LogP) is 4.19. The Labute approximate surface area is 226 Å². The van der Waals surface area contributed by atoms with Gasteiger partial charge in [-0.1, -0.05) is 35.3 Å². The molecule has 8 nitrogen and oxygen atoms in total. The lowest BCUT2D eigenvalue weighted by atomic mass is 9.98. The van der Waals surface area contributed by atoms with Crippen LogP contribution in [-0.4, -0.2) is 76.8 Å². The number of nitrogens with zero attached hydrogens (tertiary/aromatic N) is 5. The first-order chi connectivity index (χ1) is 17.9. The van der Waals surface area contributed by atoms with Gasteiger partial charge in [-0.2, -0.15) is 10.3 Å². The van der Waals surface area contributed by atoms with Gasteiger partial charge in [-0.15, -0.1) is 0 Å². The van der Waals surface area contributed by atoms with Crippen molar-refractivity contribution >= 4 is 40.7 Å². The number of likely N-dealkylation sites (tertiary alicyclic amines) is 1. The van der Waals surface area contributed by atoms with Gasteiger partial charge in [0.25, 0.3) is 0 Å². The number of aliphatic hydroxyl groups excluding tert-OH is 1. The van der Waals surface area contributed by atoms with Gasteiger partial charge in [-0.3, -0.25) is 9.79 Å². The molecule has 0 bridgehead atoms. The molecule has 2 aliphatic rings. The summed E-state index contributed by atoms with van der Waals surface area (Å²) in [6.45, 7) is 3.10. The molecule has 0 saturated carbocycles. The minimum absolute atomic E-state index is 0.0121. The molecule has 1 fully saturated rings. The van der Waals surface area contributed by atoms with Crippen LogP contribution in [0.4, 0.5) is 0 Å². The van der Waals surface area contributed by atoms with E-state index in [0.717, 1.165) is 17.0 Å². The summed E-state index contributed by atoms with van der Waals surface area (Å²) >= 11 is 12.0. The first kappa shape index (κ1) is 26.9. The first-order valence-corrected chi connectivity index (χ1v) is 13.0. The van der Waals surface area contributed by atoms with Crippen LogP contribution in [0, 0.1) is 11.5 Å². The van der Waals surface area contributed by atoms with Crippen molar-refractivity contribution in [3.05, 3.63) is 64.1 Å². The number of rotatable bonds is 9. The van der Waals surface area contributed by atoms with E-state index in [9.17, 15) is 15.2 Å². The van der Waals surface area contributed by atoms with Crippen molar-refractivity contribution < 1.29 is 14.6 Å². The molecule has 10 heteroatoms. The number of amidine groups is 1. The van der Waals surface area contributed by atoms with Crippen LogP contribution in [-0.2, 0) is 4.79 Å². The molecule has 4 rings (SSSR count). The van der Waals surface area contributed by atoms with Gasteiger partial charge in [0.05, 0.1) is 30.9 Å². The summed E-state index contributed by atoms with van der Waals surface area (Å²) in [5.41, 5.74) is 1.71. The summed E-state index contributed by atoms with van der Waals surface area (Å²) in [5, 5.41) is 20.0. The van der Waals surface area contributed by atoms with Crippen molar-refractivity contribution in [1.29, 1.82) is 5.26 Å². The van der Waals surface area contributed by atoms with E-state index in [4.69, 9.17) is 32.9 Å². The highest BCUT2D eigenvalue weighted by Crippen LogP contribution is 2.28. The molecule has 1 amide bonds. The van der Waals surface area contributed by atoms with E-state index in [-0.39, 0.29) is 24.1 Å². The molecule has 2 unspecified atom stereocenters. The smallest absolute Gasteiger partial charge is 0.248 e. The maximum absolute atomic E-state index is 12.5. The fourth-order valence-electron chi connectivity index (χ4n) is 4.78. The molecule has 1 N–H and O–H groups in total. The number of likely N-dealkylation sites (N-methyl/N-ethyl adjacent to an activating group) is 1. The molecular formula is C27H29Cl2N5O3. The number of amides is 1. The summed E-state index contributed by atoms with van der Waals surface area (Å²) in [6.07, 6.45) is 3.83. The Bertz CT molecular complexity index is 1190. The van der Waals surface area contributed by atoms with E-state index in [2.05, 4.69) is 4.99 Å². The van der Waals surface area contributed by atoms with Gasteiger partial charge in [0, 0.05) is 23.0 Å². The number of hydrogen-bond acceptors (Lipinski definition) is 6. The number of carbonyl (C=O) groups excluding carboxylic acids is 1. The SMILES string of the molecule is CCN(C(=O)CO)C1CC(CCC(=NC#N)N2CC(Oc3ccc(Cl)cc3)C2)N=C1c1ccc(Cl)cc1. The van der Waals surface area contributed by atoms with E-state index in [0.29, 0.717) is 54.8 Å². The molecule has 37 heavy (non-hydrogen) atoms. The maximum atomic E-state index is 12.5. The van der Waals surface area contributed by atoms with Gasteiger partial charge in [-0.05, 0) is 61.7 Å². The van der Waals surface area contributed by atoms with Crippen LogP contribution in [0.1, 0.15) is 31.7 Å². The van der Waals surface area contributed by atoms with Crippen LogP contribution in [0.15, 0.2) is 58.5 Å². The van der Waals surface area contributed by atoms with Crippen molar-refractivity contribution in [1.82, 2.24) is 9.80 Å². The second kappa shape index (κ2) is 12.4. The topological polar surface area (TPSA) is 102 Å². The number of benzene rings is 2. The van der Waals surface area contributed by atoms with Gasteiger partial charge >= 0.3 is 0 Å². The zero-order valence-corrected chi connectivity index (χ0v) is 22.1. The Morgan fingerprint density at radius 1 is 1.19 bits per heavy atom. The summed E-state index contributed by atoms with van der Waals surface area (Å²) in [5.74, 6) is 1.14. The van der Waals surface area contributed by atoms with Crippen LogP contribution in [0.2, 0.25) is 10.0 Å². The average molecular weight is 542 g/mol. The Kier molecular flexibility index (Phi) is 9.04. The molecule has 194 valence electrons. The molecule has 2 aromatic rings. The van der Waals surface area contributed by atoms with E-state index in [1.165, 1.54) is 0 Å². The van der Waals surface area contributed by atoms with Crippen molar-refractivity contribution in [3.8, 4) is 11.9 Å². The maximum Gasteiger partial charge on any atom is 0.248 e. The van der Waals surface area contributed by atoms with E-state index in [1.54, 1.807) is 29.2 Å². The van der Waals surface area contributed by atoms with Crippen molar-refractivity contribution in [2.24, 2.45) is 9.98 Å². The summed E-state index contributed by atoms with van der Waals surface area (Å²) in [4.78, 5) is 25.2. The largest absolute Gasteiger partial charge is 0.487 e. The van der Waals surface area contributed by atoms with Crippen molar-refractivity contribution in [2.45, 2.75) is 44.4 Å². The third-order valence-corrected chi connectivity index (χ3v) is 7.16. The zero-order valence-electron chi connectivity index (χ0n) is 20.6. The second-order valence-electron chi connectivity index (χ2n) is 9.03. The Morgan fingerprint density at radius 2 is 1.84 bits per heavy atom. The molecule has 1 saturated heterocycles. The highest BCUT2D eigenvalue weighted by molar-refractivity contribution is 6.31. The fourth-order valence-corrected chi connectivity index (χ4v) is 5.03. The molecule has 2 heterocycles. The molecule has 0 radical (unpaired) electrons. The molecule has 2 atom stereocenters. The molecule has 0 spiro atoms. The highest BCUT2D eigenvalue weighted by Gasteiger charge is 2.36. The lowest BCUT2D eigenvalue weighted by molar-refractivity contribution is -0.135. The van der Waals surface area contributed by atoms with Gasteiger partial charge in [0.2, 0.25) is 12.1 Å². The van der Waals surface area contributed by atoms with Crippen LogP contribution in [0.5, 0.6) is 5.75 Å². The third kappa shape index (κ3) is 6.61. The lowest BCUT2D eigenvalue weighted by Crippen LogP contribution is -2.56. The monoisotopic (exact) mass is 541 g/mol. The number of hydrogen-bond donors (Lipinski definition) is 1. The zero-order chi connectivity index (χ0) is 26.4. The van der Waals surface area contributed by atoms with Gasteiger partial charge in [-0.25, -0.2) is 0 Å². The first-order valence-electron chi connectivity index (χ1n) is 12.3. The number of ether oxygens (including phenoxy) is 1. The second-order valence-corrected chi connectivity index (χ2v) is 9.90.